The Balaban J connectivity index is 2.06. The van der Waals surface area contributed by atoms with Gasteiger partial charge in [0, 0.05) is 24.6 Å². The number of amides is 2. The van der Waals surface area contributed by atoms with E-state index in [0.29, 0.717) is 5.69 Å². The molecule has 146 valence electrons. The standard InChI is InChI=1S/C20H20N2O6/c1-12(23)21-16-8-6-14(7-9-16)13-2-4-15(5-3-13)19(26)22-17(20(27)28)10-11-18(24)25/h2-9,17H,10-11H2,1H3,(H,21,23)(H,22,26)(H,24,25)(H,27,28)/t17-/m0/s1. The molecule has 0 saturated carbocycles. The molecule has 0 radical (unpaired) electrons. The lowest BCUT2D eigenvalue weighted by atomic mass is 10.0. The molecule has 0 saturated heterocycles. The van der Waals surface area contributed by atoms with Crippen LogP contribution in [0.5, 0.6) is 0 Å². The Morgan fingerprint density at radius 2 is 1.43 bits per heavy atom. The number of hydrogen-bond donors (Lipinski definition) is 4. The average Bonchev–Trinajstić information content (AvgIpc) is 2.65. The second kappa shape index (κ2) is 9.31. The number of carboxylic acid groups (broad SMARTS) is 2. The molecule has 4 N–H and O–H groups in total. The third-order valence-electron chi connectivity index (χ3n) is 3.94. The maximum Gasteiger partial charge on any atom is 0.326 e. The molecule has 2 amide bonds. The molecule has 2 aromatic carbocycles. The summed E-state index contributed by atoms with van der Waals surface area (Å²) in [5.41, 5.74) is 2.66. The van der Waals surface area contributed by atoms with Crippen LogP contribution in [0.25, 0.3) is 11.1 Å². The summed E-state index contributed by atoms with van der Waals surface area (Å²) >= 11 is 0. The van der Waals surface area contributed by atoms with E-state index in [1.807, 2.05) is 12.1 Å². The van der Waals surface area contributed by atoms with Gasteiger partial charge in [-0.3, -0.25) is 14.4 Å². The normalized spacial score (nSPS) is 11.3. The van der Waals surface area contributed by atoms with E-state index in [2.05, 4.69) is 10.6 Å². The van der Waals surface area contributed by atoms with Gasteiger partial charge in [0.15, 0.2) is 0 Å². The molecule has 0 aromatic heterocycles. The van der Waals surface area contributed by atoms with Crippen molar-refractivity contribution in [2.24, 2.45) is 0 Å². The zero-order valence-corrected chi connectivity index (χ0v) is 15.1. The molecule has 0 spiro atoms. The number of nitrogens with one attached hydrogen (secondary N) is 2. The fourth-order valence-corrected chi connectivity index (χ4v) is 2.53. The minimum atomic E-state index is -1.29. The molecule has 8 nitrogen and oxygen atoms in total. The molecule has 0 bridgehead atoms. The third-order valence-corrected chi connectivity index (χ3v) is 3.94. The summed E-state index contributed by atoms with van der Waals surface area (Å²) in [6.45, 7) is 1.42. The molecule has 0 unspecified atom stereocenters. The minimum Gasteiger partial charge on any atom is -0.481 e. The highest BCUT2D eigenvalue weighted by molar-refractivity contribution is 5.97. The molecule has 28 heavy (non-hydrogen) atoms. The topological polar surface area (TPSA) is 133 Å². The maximum atomic E-state index is 12.2. The van der Waals surface area contributed by atoms with Crippen LogP contribution in [0.1, 0.15) is 30.1 Å². The summed E-state index contributed by atoms with van der Waals surface area (Å²) < 4.78 is 0. The van der Waals surface area contributed by atoms with Crippen molar-refractivity contribution in [2.75, 3.05) is 5.32 Å². The summed E-state index contributed by atoms with van der Waals surface area (Å²) in [7, 11) is 0. The van der Waals surface area contributed by atoms with E-state index in [1.54, 1.807) is 36.4 Å². The van der Waals surface area contributed by atoms with Gasteiger partial charge in [0.1, 0.15) is 6.04 Å². The van der Waals surface area contributed by atoms with Crippen LogP contribution in [0.2, 0.25) is 0 Å². The number of hydrogen-bond acceptors (Lipinski definition) is 4. The van der Waals surface area contributed by atoms with Crippen molar-refractivity contribution < 1.29 is 29.4 Å². The van der Waals surface area contributed by atoms with Gasteiger partial charge in [-0.15, -0.1) is 0 Å². The molecule has 0 heterocycles. The highest BCUT2D eigenvalue weighted by Gasteiger charge is 2.21. The van der Waals surface area contributed by atoms with E-state index >= 15 is 0 Å². The first-order valence-electron chi connectivity index (χ1n) is 8.50. The first-order chi connectivity index (χ1) is 13.3. The van der Waals surface area contributed by atoms with Crippen LogP contribution >= 0.6 is 0 Å². The monoisotopic (exact) mass is 384 g/mol. The van der Waals surface area contributed by atoms with Gasteiger partial charge in [0.05, 0.1) is 0 Å². The molecule has 8 heteroatoms. The Kier molecular flexibility index (Phi) is 6.86. The van der Waals surface area contributed by atoms with E-state index in [0.717, 1.165) is 11.1 Å². The van der Waals surface area contributed by atoms with Crippen LogP contribution < -0.4 is 10.6 Å². The molecular formula is C20H20N2O6. The number of benzene rings is 2. The Labute approximate surface area is 161 Å². The molecule has 2 aromatic rings. The van der Waals surface area contributed by atoms with Gasteiger partial charge in [0.25, 0.3) is 5.91 Å². The Morgan fingerprint density at radius 1 is 0.893 bits per heavy atom. The number of anilines is 1. The maximum absolute atomic E-state index is 12.2. The third kappa shape index (κ3) is 5.94. The minimum absolute atomic E-state index is 0.161. The van der Waals surface area contributed by atoms with Gasteiger partial charge < -0.3 is 20.8 Å². The SMILES string of the molecule is CC(=O)Nc1ccc(-c2ccc(C(=O)N[C@@H](CCC(=O)O)C(=O)O)cc2)cc1. The van der Waals surface area contributed by atoms with Crippen molar-refractivity contribution in [3.05, 3.63) is 54.1 Å². The number of carbonyl (C=O) groups is 4. The molecule has 0 aliphatic heterocycles. The Bertz CT molecular complexity index is 875. The summed E-state index contributed by atoms with van der Waals surface area (Å²) in [5.74, 6) is -3.17. The van der Waals surface area contributed by atoms with Gasteiger partial charge in [-0.2, -0.15) is 0 Å². The zero-order chi connectivity index (χ0) is 20.7. The second-order valence-electron chi connectivity index (χ2n) is 6.13. The number of aliphatic carboxylic acids is 2. The van der Waals surface area contributed by atoms with Crippen LogP contribution in [0.15, 0.2) is 48.5 Å². The summed E-state index contributed by atoms with van der Waals surface area (Å²) in [6, 6.07) is 12.5. The van der Waals surface area contributed by atoms with Crippen molar-refractivity contribution in [1.29, 1.82) is 0 Å². The van der Waals surface area contributed by atoms with Crippen LogP contribution in [-0.2, 0) is 14.4 Å². The molecule has 0 aliphatic rings. The van der Waals surface area contributed by atoms with E-state index in [4.69, 9.17) is 10.2 Å². The second-order valence-corrected chi connectivity index (χ2v) is 6.13. The summed E-state index contributed by atoms with van der Waals surface area (Å²) in [6.07, 6.45) is -0.556. The van der Waals surface area contributed by atoms with Gasteiger partial charge in [-0.05, 0) is 41.8 Å². The summed E-state index contributed by atoms with van der Waals surface area (Å²) in [5, 5.41) is 22.8. The van der Waals surface area contributed by atoms with E-state index in [9.17, 15) is 19.2 Å². The number of carbonyl (C=O) groups excluding carboxylic acids is 2. The highest BCUT2D eigenvalue weighted by atomic mass is 16.4. The van der Waals surface area contributed by atoms with Crippen LogP contribution in [0.4, 0.5) is 5.69 Å². The van der Waals surface area contributed by atoms with Crippen molar-refractivity contribution >= 4 is 29.4 Å². The molecule has 0 aliphatic carbocycles. The number of rotatable bonds is 8. The van der Waals surface area contributed by atoms with Crippen molar-refractivity contribution in [3.8, 4) is 11.1 Å². The first kappa shape index (κ1) is 20.6. The van der Waals surface area contributed by atoms with Gasteiger partial charge in [0.2, 0.25) is 5.91 Å². The largest absolute Gasteiger partial charge is 0.481 e. The molecular weight excluding hydrogens is 364 g/mol. The van der Waals surface area contributed by atoms with Crippen molar-refractivity contribution in [1.82, 2.24) is 5.32 Å². The van der Waals surface area contributed by atoms with Crippen molar-refractivity contribution in [2.45, 2.75) is 25.8 Å². The van der Waals surface area contributed by atoms with Crippen LogP contribution in [0, 0.1) is 0 Å². The fraction of sp³-hybridized carbons (Fsp3) is 0.200. The van der Waals surface area contributed by atoms with Gasteiger partial charge in [-0.25, -0.2) is 4.79 Å². The first-order valence-corrected chi connectivity index (χ1v) is 8.50. The Hall–Kier alpha value is -3.68. The van der Waals surface area contributed by atoms with E-state index < -0.39 is 23.9 Å². The lowest BCUT2D eigenvalue weighted by molar-refractivity contribution is -0.140. The fourth-order valence-electron chi connectivity index (χ4n) is 2.53. The smallest absolute Gasteiger partial charge is 0.326 e. The molecule has 1 atom stereocenters. The number of carboxylic acids is 2. The highest BCUT2D eigenvalue weighted by Crippen LogP contribution is 2.22. The average molecular weight is 384 g/mol. The molecule has 2 rings (SSSR count). The lowest BCUT2D eigenvalue weighted by Crippen LogP contribution is -2.41. The van der Waals surface area contributed by atoms with E-state index in [1.165, 1.54) is 6.92 Å². The van der Waals surface area contributed by atoms with Crippen molar-refractivity contribution in [3.63, 3.8) is 0 Å². The van der Waals surface area contributed by atoms with E-state index in [-0.39, 0.29) is 24.3 Å². The summed E-state index contributed by atoms with van der Waals surface area (Å²) in [4.78, 5) is 45.1. The quantitative estimate of drug-likeness (QED) is 0.552. The predicted molar refractivity (Wildman–Crippen MR) is 102 cm³/mol. The zero-order valence-electron chi connectivity index (χ0n) is 15.1. The Morgan fingerprint density at radius 3 is 1.89 bits per heavy atom. The van der Waals surface area contributed by atoms with Crippen LogP contribution in [-0.4, -0.2) is 40.0 Å². The molecule has 0 fully saturated rings. The lowest BCUT2D eigenvalue weighted by Gasteiger charge is -2.13. The van der Waals surface area contributed by atoms with Gasteiger partial charge in [-0.1, -0.05) is 24.3 Å². The van der Waals surface area contributed by atoms with Crippen LogP contribution in [0.3, 0.4) is 0 Å². The van der Waals surface area contributed by atoms with Gasteiger partial charge >= 0.3 is 11.9 Å². The predicted octanol–water partition coefficient (Wildman–Crippen LogP) is 2.36.